The van der Waals surface area contributed by atoms with Gasteiger partial charge in [-0.2, -0.15) is 0 Å². The van der Waals surface area contributed by atoms with E-state index in [0.29, 0.717) is 17.5 Å². The average Bonchev–Trinajstić information content (AvgIpc) is 3.91. The van der Waals surface area contributed by atoms with Crippen LogP contribution >= 0.6 is 0 Å². The van der Waals surface area contributed by atoms with Crippen molar-refractivity contribution in [1.29, 1.82) is 0 Å². The standard InChI is InChI=1S/C52H32N4O/c53-43-20-11-21-44-47(43)48-45(57-44)29-28-41-46(48)38-27-26-35(30-42(38)52(41)39-18-9-7-16-36(39)37-17-8-10-19-40(37)52)31-22-24-34(25-23-31)51-55-49(32-12-3-1-4-13-32)54-50(56-51)33-14-5-2-6-15-33/h1-30H,53H2. The van der Waals surface area contributed by atoms with Crippen molar-refractivity contribution >= 4 is 27.6 Å². The van der Waals surface area contributed by atoms with Crippen molar-refractivity contribution < 1.29 is 4.42 Å². The molecule has 0 atom stereocenters. The van der Waals surface area contributed by atoms with Crippen LogP contribution in [0.2, 0.25) is 0 Å². The molecular weight excluding hydrogens is 697 g/mol. The molecule has 2 aliphatic rings. The second kappa shape index (κ2) is 11.9. The third-order valence-electron chi connectivity index (χ3n) is 11.9. The van der Waals surface area contributed by atoms with E-state index in [9.17, 15) is 0 Å². The van der Waals surface area contributed by atoms with Gasteiger partial charge in [0, 0.05) is 27.8 Å². The lowest BCUT2D eigenvalue weighted by Crippen LogP contribution is -2.25. The Balaban J connectivity index is 1.05. The Morgan fingerprint density at radius 2 is 0.895 bits per heavy atom. The highest BCUT2D eigenvalue weighted by Gasteiger charge is 2.52. The Morgan fingerprint density at radius 1 is 0.368 bits per heavy atom. The van der Waals surface area contributed by atoms with E-state index >= 15 is 0 Å². The maximum Gasteiger partial charge on any atom is 0.164 e. The summed E-state index contributed by atoms with van der Waals surface area (Å²) in [6, 6.07) is 63.9. The summed E-state index contributed by atoms with van der Waals surface area (Å²) < 4.78 is 6.48. The first-order valence-corrected chi connectivity index (χ1v) is 19.2. The molecule has 0 saturated heterocycles. The number of fused-ring (bicyclic) bond motifs is 14. The van der Waals surface area contributed by atoms with Crippen LogP contribution in [0, 0.1) is 0 Å². The molecule has 57 heavy (non-hydrogen) atoms. The smallest absolute Gasteiger partial charge is 0.164 e. The van der Waals surface area contributed by atoms with E-state index in [-0.39, 0.29) is 0 Å². The third-order valence-corrected chi connectivity index (χ3v) is 11.9. The molecule has 2 aliphatic carbocycles. The van der Waals surface area contributed by atoms with Crippen LogP contribution in [-0.4, -0.2) is 15.0 Å². The number of aromatic nitrogens is 3. The zero-order valence-corrected chi connectivity index (χ0v) is 30.6. The zero-order valence-electron chi connectivity index (χ0n) is 30.6. The number of nitrogens with two attached hydrogens (primary N) is 1. The van der Waals surface area contributed by atoms with Gasteiger partial charge in [-0.15, -0.1) is 0 Å². The molecule has 0 aliphatic heterocycles. The number of nitrogens with zero attached hydrogens (tertiary/aromatic N) is 3. The summed E-state index contributed by atoms with van der Waals surface area (Å²) in [6.07, 6.45) is 0. The molecule has 0 amide bonds. The Hall–Kier alpha value is -7.63. The molecule has 2 N–H and O–H groups in total. The minimum absolute atomic E-state index is 0.526. The maximum absolute atomic E-state index is 6.74. The second-order valence-corrected chi connectivity index (χ2v) is 14.9. The average molecular weight is 729 g/mol. The molecule has 0 fully saturated rings. The Labute approximate surface area is 328 Å². The maximum atomic E-state index is 6.74. The zero-order chi connectivity index (χ0) is 37.7. The lowest BCUT2D eigenvalue weighted by molar-refractivity contribution is 0.668. The number of hydrogen-bond acceptors (Lipinski definition) is 5. The van der Waals surface area contributed by atoms with Gasteiger partial charge in [0.25, 0.3) is 0 Å². The van der Waals surface area contributed by atoms with E-state index in [1.165, 1.54) is 44.5 Å². The van der Waals surface area contributed by atoms with E-state index in [2.05, 4.69) is 103 Å². The summed E-state index contributed by atoms with van der Waals surface area (Å²) in [7, 11) is 0. The van der Waals surface area contributed by atoms with Gasteiger partial charge in [0.15, 0.2) is 17.5 Å². The monoisotopic (exact) mass is 728 g/mol. The van der Waals surface area contributed by atoms with Crippen LogP contribution in [0.15, 0.2) is 186 Å². The van der Waals surface area contributed by atoms with Crippen molar-refractivity contribution in [3.8, 4) is 67.5 Å². The van der Waals surface area contributed by atoms with Crippen molar-refractivity contribution in [3.05, 3.63) is 204 Å². The molecule has 0 radical (unpaired) electrons. The van der Waals surface area contributed by atoms with Crippen LogP contribution in [0.25, 0.3) is 89.5 Å². The van der Waals surface area contributed by atoms with E-state index in [1.54, 1.807) is 0 Å². The largest absolute Gasteiger partial charge is 0.456 e. The first kappa shape index (κ1) is 31.7. The molecular formula is C52H32N4O. The first-order valence-electron chi connectivity index (χ1n) is 19.2. The van der Waals surface area contributed by atoms with Crippen LogP contribution in [0.5, 0.6) is 0 Å². The molecule has 2 aromatic heterocycles. The van der Waals surface area contributed by atoms with Crippen LogP contribution in [0.3, 0.4) is 0 Å². The van der Waals surface area contributed by atoms with Crippen LogP contribution in [0.4, 0.5) is 5.69 Å². The van der Waals surface area contributed by atoms with Crippen LogP contribution in [0.1, 0.15) is 22.3 Å². The quantitative estimate of drug-likeness (QED) is 0.183. The SMILES string of the molecule is Nc1cccc2oc3ccc4c(c3c12)-c1ccc(-c2ccc(-c3nc(-c5ccccc5)nc(-c5ccccc5)n3)cc2)cc1C41c2ccccc2-c2ccccc21. The van der Waals surface area contributed by atoms with E-state index in [4.69, 9.17) is 25.1 Å². The van der Waals surface area contributed by atoms with Crippen molar-refractivity contribution in [2.24, 2.45) is 0 Å². The Morgan fingerprint density at radius 3 is 1.53 bits per heavy atom. The van der Waals surface area contributed by atoms with Gasteiger partial charge in [0.2, 0.25) is 0 Å². The molecule has 5 heteroatoms. The van der Waals surface area contributed by atoms with Gasteiger partial charge in [-0.1, -0.05) is 158 Å². The number of furan rings is 1. The number of rotatable bonds is 4. The highest BCUT2D eigenvalue weighted by atomic mass is 16.3. The van der Waals surface area contributed by atoms with Gasteiger partial charge < -0.3 is 10.2 Å². The van der Waals surface area contributed by atoms with Gasteiger partial charge in [-0.05, 0) is 79.9 Å². The first-order chi connectivity index (χ1) is 28.2. The van der Waals surface area contributed by atoms with Gasteiger partial charge in [0.05, 0.1) is 10.8 Å². The summed E-state index contributed by atoms with van der Waals surface area (Å²) in [5.41, 5.74) is 23.6. The fourth-order valence-corrected chi connectivity index (χ4v) is 9.49. The van der Waals surface area contributed by atoms with Gasteiger partial charge in [-0.25, -0.2) is 15.0 Å². The van der Waals surface area contributed by atoms with E-state index < -0.39 is 5.41 Å². The lowest BCUT2D eigenvalue weighted by Gasteiger charge is -2.30. The minimum Gasteiger partial charge on any atom is -0.456 e. The summed E-state index contributed by atoms with van der Waals surface area (Å²) in [4.78, 5) is 14.8. The predicted molar refractivity (Wildman–Crippen MR) is 230 cm³/mol. The van der Waals surface area contributed by atoms with Gasteiger partial charge >= 0.3 is 0 Å². The van der Waals surface area contributed by atoms with Crippen molar-refractivity contribution in [2.75, 3.05) is 5.73 Å². The molecule has 10 aromatic rings. The number of nitrogen functional groups attached to an aromatic ring is 1. The minimum atomic E-state index is -0.526. The normalized spacial score (nSPS) is 13.1. The van der Waals surface area contributed by atoms with Crippen molar-refractivity contribution in [1.82, 2.24) is 15.0 Å². The molecule has 266 valence electrons. The Bertz CT molecular complexity index is 3140. The van der Waals surface area contributed by atoms with Gasteiger partial charge in [-0.3, -0.25) is 0 Å². The summed E-state index contributed by atoms with van der Waals surface area (Å²) >= 11 is 0. The van der Waals surface area contributed by atoms with Crippen LogP contribution < -0.4 is 5.73 Å². The molecule has 0 bridgehead atoms. The number of anilines is 1. The molecule has 0 saturated carbocycles. The van der Waals surface area contributed by atoms with Gasteiger partial charge in [0.1, 0.15) is 11.2 Å². The molecule has 2 heterocycles. The molecule has 12 rings (SSSR count). The number of benzene rings is 8. The lowest BCUT2D eigenvalue weighted by atomic mass is 9.70. The fraction of sp³-hybridized carbons (Fsp3) is 0.0192. The second-order valence-electron chi connectivity index (χ2n) is 14.9. The van der Waals surface area contributed by atoms with Crippen molar-refractivity contribution in [2.45, 2.75) is 5.41 Å². The number of hydrogen-bond donors (Lipinski definition) is 1. The Kier molecular flexibility index (Phi) is 6.64. The topological polar surface area (TPSA) is 77.8 Å². The van der Waals surface area contributed by atoms with E-state index in [1.807, 2.05) is 78.9 Å². The summed E-state index contributed by atoms with van der Waals surface area (Å²) in [5.74, 6) is 1.92. The predicted octanol–water partition coefficient (Wildman–Crippen LogP) is 12.4. The van der Waals surface area contributed by atoms with E-state index in [0.717, 1.165) is 55.4 Å². The molecule has 1 spiro atoms. The molecule has 8 aromatic carbocycles. The van der Waals surface area contributed by atoms with Crippen LogP contribution in [-0.2, 0) is 5.41 Å². The molecule has 0 unspecified atom stereocenters. The van der Waals surface area contributed by atoms with Crippen molar-refractivity contribution in [3.63, 3.8) is 0 Å². The third kappa shape index (κ3) is 4.48. The molecule has 5 nitrogen and oxygen atoms in total. The summed E-state index contributed by atoms with van der Waals surface area (Å²) in [6.45, 7) is 0. The highest BCUT2D eigenvalue weighted by Crippen LogP contribution is 2.64. The summed E-state index contributed by atoms with van der Waals surface area (Å²) in [5, 5.41) is 2.04. The highest BCUT2D eigenvalue weighted by molar-refractivity contribution is 6.19. The fourth-order valence-electron chi connectivity index (χ4n) is 9.49.